The van der Waals surface area contributed by atoms with E-state index in [1.54, 1.807) is 24.3 Å². The van der Waals surface area contributed by atoms with Crippen LogP contribution in [0.1, 0.15) is 19.4 Å². The molecular formula is C19H16Br2N2O2. The fraction of sp³-hybridized carbons (Fsp3) is 0.158. The van der Waals surface area contributed by atoms with E-state index in [9.17, 15) is 10.1 Å². The van der Waals surface area contributed by atoms with Gasteiger partial charge in [-0.05, 0) is 77.8 Å². The van der Waals surface area contributed by atoms with Crippen LogP contribution in [0.2, 0.25) is 0 Å². The summed E-state index contributed by atoms with van der Waals surface area (Å²) in [5.41, 5.74) is 1.37. The lowest BCUT2D eigenvalue weighted by molar-refractivity contribution is -0.112. The maximum atomic E-state index is 12.3. The van der Waals surface area contributed by atoms with E-state index in [1.165, 1.54) is 6.08 Å². The number of nitrogens with one attached hydrogen (secondary N) is 1. The molecule has 6 heteroatoms. The molecule has 0 heterocycles. The van der Waals surface area contributed by atoms with E-state index < -0.39 is 5.91 Å². The van der Waals surface area contributed by atoms with Crippen molar-refractivity contribution in [1.82, 2.24) is 0 Å². The zero-order chi connectivity index (χ0) is 18.4. The van der Waals surface area contributed by atoms with Gasteiger partial charge in [0.25, 0.3) is 5.91 Å². The second-order valence-corrected chi connectivity index (χ2v) is 7.26. The van der Waals surface area contributed by atoms with Crippen molar-refractivity contribution in [2.24, 2.45) is 0 Å². The standard InChI is InChI=1S/C19H16Br2N2O2/c1-12(2)25-18-8-3-13(10-17(18)21)9-14(11-22)19(24)23-16-6-4-15(20)5-7-16/h3-10,12H,1-2H3,(H,23,24)/b14-9+. The number of halogens is 2. The van der Waals surface area contributed by atoms with Crippen LogP contribution in [-0.4, -0.2) is 12.0 Å². The van der Waals surface area contributed by atoms with Crippen LogP contribution in [0.3, 0.4) is 0 Å². The Morgan fingerprint density at radius 1 is 1.20 bits per heavy atom. The van der Waals surface area contributed by atoms with Crippen molar-refractivity contribution in [3.63, 3.8) is 0 Å². The summed E-state index contributed by atoms with van der Waals surface area (Å²) in [6.45, 7) is 3.89. The number of rotatable bonds is 5. The Balaban J connectivity index is 2.19. The molecule has 0 aliphatic carbocycles. The topological polar surface area (TPSA) is 62.1 Å². The van der Waals surface area contributed by atoms with Gasteiger partial charge in [-0.25, -0.2) is 0 Å². The smallest absolute Gasteiger partial charge is 0.266 e. The third-order valence-corrected chi connectivity index (χ3v) is 4.25. The fourth-order valence-electron chi connectivity index (χ4n) is 2.00. The van der Waals surface area contributed by atoms with E-state index in [1.807, 2.05) is 38.1 Å². The minimum atomic E-state index is -0.455. The molecule has 0 saturated heterocycles. The lowest BCUT2D eigenvalue weighted by atomic mass is 10.1. The Bertz CT molecular complexity index is 837. The summed E-state index contributed by atoms with van der Waals surface area (Å²) in [5, 5.41) is 12.0. The summed E-state index contributed by atoms with van der Waals surface area (Å²) in [6.07, 6.45) is 1.60. The minimum absolute atomic E-state index is 0.0207. The zero-order valence-corrected chi connectivity index (χ0v) is 16.9. The summed E-state index contributed by atoms with van der Waals surface area (Å²) >= 11 is 6.78. The highest BCUT2D eigenvalue weighted by molar-refractivity contribution is 9.10. The zero-order valence-electron chi connectivity index (χ0n) is 13.7. The van der Waals surface area contributed by atoms with E-state index >= 15 is 0 Å². The summed E-state index contributed by atoms with van der Waals surface area (Å²) < 4.78 is 7.33. The van der Waals surface area contributed by atoms with Crippen LogP contribution in [0, 0.1) is 11.3 Å². The number of hydrogen-bond acceptors (Lipinski definition) is 3. The molecule has 0 fully saturated rings. The van der Waals surface area contributed by atoms with E-state index in [0.717, 1.165) is 14.5 Å². The maximum Gasteiger partial charge on any atom is 0.266 e. The van der Waals surface area contributed by atoms with Gasteiger partial charge in [-0.2, -0.15) is 5.26 Å². The number of benzene rings is 2. The van der Waals surface area contributed by atoms with Crippen molar-refractivity contribution >= 4 is 49.5 Å². The second-order valence-electron chi connectivity index (χ2n) is 5.49. The highest BCUT2D eigenvalue weighted by Crippen LogP contribution is 2.28. The Labute approximate surface area is 163 Å². The molecule has 2 rings (SSSR count). The largest absolute Gasteiger partial charge is 0.490 e. The van der Waals surface area contributed by atoms with Gasteiger partial charge in [-0.1, -0.05) is 22.0 Å². The van der Waals surface area contributed by atoms with Crippen LogP contribution in [0.15, 0.2) is 57.0 Å². The molecule has 128 valence electrons. The van der Waals surface area contributed by atoms with Crippen molar-refractivity contribution in [2.75, 3.05) is 5.32 Å². The Morgan fingerprint density at radius 3 is 2.44 bits per heavy atom. The van der Waals surface area contributed by atoms with Crippen molar-refractivity contribution in [1.29, 1.82) is 5.26 Å². The number of amides is 1. The van der Waals surface area contributed by atoms with Gasteiger partial charge < -0.3 is 10.1 Å². The molecule has 25 heavy (non-hydrogen) atoms. The van der Waals surface area contributed by atoms with Crippen LogP contribution >= 0.6 is 31.9 Å². The number of anilines is 1. The summed E-state index contributed by atoms with van der Waals surface area (Å²) in [7, 11) is 0. The first-order valence-corrected chi connectivity index (χ1v) is 9.12. The molecule has 0 atom stereocenters. The van der Waals surface area contributed by atoms with Gasteiger partial charge in [0, 0.05) is 10.2 Å². The van der Waals surface area contributed by atoms with Crippen LogP contribution in [0.5, 0.6) is 5.75 Å². The van der Waals surface area contributed by atoms with Gasteiger partial charge in [0.05, 0.1) is 10.6 Å². The first-order valence-electron chi connectivity index (χ1n) is 7.54. The number of hydrogen-bond donors (Lipinski definition) is 1. The molecular weight excluding hydrogens is 448 g/mol. The Morgan fingerprint density at radius 2 is 1.88 bits per heavy atom. The molecule has 0 unspecified atom stereocenters. The predicted molar refractivity (Wildman–Crippen MR) is 106 cm³/mol. The van der Waals surface area contributed by atoms with E-state index in [4.69, 9.17) is 4.74 Å². The molecule has 2 aromatic carbocycles. The first-order chi connectivity index (χ1) is 11.9. The maximum absolute atomic E-state index is 12.3. The van der Waals surface area contributed by atoms with Gasteiger partial charge in [0.1, 0.15) is 17.4 Å². The average molecular weight is 464 g/mol. The van der Waals surface area contributed by atoms with Crippen molar-refractivity contribution in [3.8, 4) is 11.8 Å². The van der Waals surface area contributed by atoms with Gasteiger partial charge in [-0.3, -0.25) is 4.79 Å². The first kappa shape index (κ1) is 19.2. The number of ether oxygens (including phenoxy) is 1. The van der Waals surface area contributed by atoms with Gasteiger partial charge in [0.2, 0.25) is 0 Å². The molecule has 1 N–H and O–H groups in total. The van der Waals surface area contributed by atoms with Crippen LogP contribution in [-0.2, 0) is 4.79 Å². The van der Waals surface area contributed by atoms with Crippen molar-refractivity contribution < 1.29 is 9.53 Å². The Kier molecular flexibility index (Phi) is 6.80. The van der Waals surface area contributed by atoms with E-state index in [-0.39, 0.29) is 11.7 Å². The van der Waals surface area contributed by atoms with E-state index in [0.29, 0.717) is 11.4 Å². The fourth-order valence-corrected chi connectivity index (χ4v) is 2.76. The van der Waals surface area contributed by atoms with Crippen molar-refractivity contribution in [3.05, 3.63) is 62.5 Å². The summed E-state index contributed by atoms with van der Waals surface area (Å²) in [6, 6.07) is 14.5. The van der Waals surface area contributed by atoms with Crippen LogP contribution in [0.25, 0.3) is 6.08 Å². The molecule has 0 aromatic heterocycles. The average Bonchev–Trinajstić information content (AvgIpc) is 2.56. The van der Waals surface area contributed by atoms with Gasteiger partial charge >= 0.3 is 0 Å². The lowest BCUT2D eigenvalue weighted by Crippen LogP contribution is -2.13. The predicted octanol–water partition coefficient (Wildman–Crippen LogP) is 5.54. The third-order valence-electron chi connectivity index (χ3n) is 3.10. The molecule has 4 nitrogen and oxygen atoms in total. The third kappa shape index (κ3) is 5.73. The highest BCUT2D eigenvalue weighted by atomic mass is 79.9. The SMILES string of the molecule is CC(C)Oc1ccc(/C=C(\C#N)C(=O)Nc2ccc(Br)cc2)cc1Br. The number of nitriles is 1. The molecule has 2 aromatic rings. The molecule has 1 amide bonds. The lowest BCUT2D eigenvalue weighted by Gasteiger charge is -2.11. The number of carbonyl (C=O) groups is 1. The Hall–Kier alpha value is -2.10. The second kappa shape index (κ2) is 8.84. The van der Waals surface area contributed by atoms with Crippen LogP contribution in [0.4, 0.5) is 5.69 Å². The van der Waals surface area contributed by atoms with Gasteiger partial charge in [-0.15, -0.1) is 0 Å². The quantitative estimate of drug-likeness (QED) is 0.467. The summed E-state index contributed by atoms with van der Waals surface area (Å²) in [5.74, 6) is 0.258. The molecule has 0 radical (unpaired) electrons. The summed E-state index contributed by atoms with van der Waals surface area (Å²) in [4.78, 5) is 12.3. The molecule has 0 spiro atoms. The van der Waals surface area contributed by atoms with Gasteiger partial charge in [0.15, 0.2) is 0 Å². The minimum Gasteiger partial charge on any atom is -0.490 e. The molecule has 0 bridgehead atoms. The molecule has 0 aliphatic heterocycles. The van der Waals surface area contributed by atoms with Crippen LogP contribution < -0.4 is 10.1 Å². The van der Waals surface area contributed by atoms with E-state index in [2.05, 4.69) is 37.2 Å². The monoisotopic (exact) mass is 462 g/mol. The number of nitrogens with zero attached hydrogens (tertiary/aromatic N) is 1. The molecule has 0 saturated carbocycles. The highest BCUT2D eigenvalue weighted by Gasteiger charge is 2.11. The normalized spacial score (nSPS) is 11.1. The van der Waals surface area contributed by atoms with Crippen molar-refractivity contribution in [2.45, 2.75) is 20.0 Å². The molecule has 0 aliphatic rings. The number of carbonyl (C=O) groups excluding carboxylic acids is 1.